The number of hydrogen-bond acceptors (Lipinski definition) is 9. The Balaban J connectivity index is 1.31. The second kappa shape index (κ2) is 14.7. The molecule has 5 aliphatic rings. The molecule has 4 N–H and O–H groups in total. The molecule has 0 aromatic carbocycles. The molecule has 10 heteroatoms. The fraction of sp³-hybridized carbons (Fsp3) is 0.895. The number of aliphatic hydroxyl groups is 1. The van der Waals surface area contributed by atoms with Gasteiger partial charge >= 0.3 is 5.97 Å². The standard InChI is InChI=1S/C38H63NO9/c1-9-28(33(43)25(6)32(42)26(7)34-21(2)13-14-27(45-34)20-31(40)41)35-22(3)19-23(4)37(46-35)16-15-29(39)38(48-37)18-17-36(8,47-38)30-12-10-11-24(5)44-30/h15-16,21-30,32,34-35,42H,9-14,17-20,39H2,1-8H3,(H,40,41)/t21-,22-,23+,24-,25-,26-,27+,28-,29+,30+,32+,34+,35-,36-,37-,38-/m0/s1. The van der Waals surface area contributed by atoms with Crippen LogP contribution in [0.2, 0.25) is 0 Å². The van der Waals surface area contributed by atoms with Gasteiger partial charge in [-0.3, -0.25) is 9.59 Å². The lowest BCUT2D eigenvalue weighted by atomic mass is 9.72. The molecule has 0 bridgehead atoms. The van der Waals surface area contributed by atoms with Crippen LogP contribution in [0.1, 0.15) is 120 Å². The third kappa shape index (κ3) is 7.32. The summed E-state index contributed by atoms with van der Waals surface area (Å²) in [6.07, 6.45) is 9.23. The minimum Gasteiger partial charge on any atom is -0.481 e. The first-order chi connectivity index (χ1) is 22.5. The minimum atomic E-state index is -1.10. The second-order valence-corrected chi connectivity index (χ2v) is 16.4. The Bertz CT molecular complexity index is 1180. The number of carboxylic acid groups (broad SMARTS) is 1. The van der Waals surface area contributed by atoms with E-state index in [1.54, 1.807) is 6.92 Å². The summed E-state index contributed by atoms with van der Waals surface area (Å²) in [5, 5.41) is 20.9. The molecular weight excluding hydrogens is 614 g/mol. The summed E-state index contributed by atoms with van der Waals surface area (Å²) in [4.78, 5) is 25.7. The number of nitrogens with two attached hydrogens (primary N) is 1. The van der Waals surface area contributed by atoms with E-state index in [0.717, 1.165) is 38.5 Å². The summed E-state index contributed by atoms with van der Waals surface area (Å²) >= 11 is 0. The molecule has 0 aromatic heterocycles. The SMILES string of the molecule is CC[C@@H](C(=O)[C@@H](C)[C@@H](O)[C@H](C)[C@@H]1O[C@@H](CC(=O)O)CC[C@@H]1C)[C@H]1O[C@]2(C=C[C@@H](N)[C@]3(CC[C@@](C)([C@H]4CCC[C@H](C)O4)O3)O2)[C@H](C)C[C@@H]1C. The van der Waals surface area contributed by atoms with E-state index in [2.05, 4.69) is 34.6 Å². The van der Waals surface area contributed by atoms with Crippen LogP contribution in [0.5, 0.6) is 0 Å². The summed E-state index contributed by atoms with van der Waals surface area (Å²) in [6.45, 7) is 16.3. The second-order valence-electron chi connectivity index (χ2n) is 16.4. The van der Waals surface area contributed by atoms with E-state index >= 15 is 0 Å². The lowest BCUT2D eigenvalue weighted by molar-refractivity contribution is -0.395. The maximum absolute atomic E-state index is 14.3. The van der Waals surface area contributed by atoms with Crippen LogP contribution >= 0.6 is 0 Å². The van der Waals surface area contributed by atoms with Crippen molar-refractivity contribution in [2.45, 2.75) is 179 Å². The van der Waals surface area contributed by atoms with Gasteiger partial charge in [-0.1, -0.05) is 47.6 Å². The molecule has 0 unspecified atom stereocenters. The lowest BCUT2D eigenvalue weighted by Gasteiger charge is -2.54. The highest BCUT2D eigenvalue weighted by molar-refractivity contribution is 5.84. The van der Waals surface area contributed by atoms with Gasteiger partial charge in [-0.05, 0) is 83.1 Å². The average molecular weight is 678 g/mol. The topological polar surface area (TPSA) is 147 Å². The van der Waals surface area contributed by atoms with Gasteiger partial charge in [0.25, 0.3) is 0 Å². The van der Waals surface area contributed by atoms with Crippen molar-refractivity contribution in [3.63, 3.8) is 0 Å². The van der Waals surface area contributed by atoms with Gasteiger partial charge in [0.15, 0.2) is 11.6 Å². The Hall–Kier alpha value is -1.40. The summed E-state index contributed by atoms with van der Waals surface area (Å²) < 4.78 is 33.5. The number of aliphatic carboxylic acids is 1. The minimum absolute atomic E-state index is 0.00915. The molecule has 4 saturated heterocycles. The number of carbonyl (C=O) groups is 2. The molecular formula is C38H63NO9. The van der Waals surface area contributed by atoms with E-state index in [4.69, 9.17) is 29.4 Å². The Kier molecular flexibility index (Phi) is 11.6. The van der Waals surface area contributed by atoms with Crippen LogP contribution in [-0.2, 0) is 33.3 Å². The number of ether oxygens (including phenoxy) is 5. The van der Waals surface area contributed by atoms with Crippen molar-refractivity contribution in [3.8, 4) is 0 Å². The predicted octanol–water partition coefficient (Wildman–Crippen LogP) is 5.77. The molecule has 5 aliphatic heterocycles. The van der Waals surface area contributed by atoms with Crippen LogP contribution in [0.15, 0.2) is 12.2 Å². The number of Topliss-reactive ketones (excluding diaryl/α,β-unsaturated/α-hetero) is 1. The molecule has 0 aliphatic carbocycles. The van der Waals surface area contributed by atoms with Crippen molar-refractivity contribution < 1.29 is 43.5 Å². The van der Waals surface area contributed by atoms with Gasteiger partial charge in [0.2, 0.25) is 0 Å². The molecule has 10 nitrogen and oxygen atoms in total. The first kappa shape index (κ1) is 37.8. The molecule has 4 fully saturated rings. The quantitative estimate of drug-likeness (QED) is 0.244. The zero-order chi connectivity index (χ0) is 35.2. The number of carbonyl (C=O) groups excluding carboxylic acids is 1. The normalized spacial score (nSPS) is 45.9. The predicted molar refractivity (Wildman–Crippen MR) is 181 cm³/mol. The number of carboxylic acids is 1. The van der Waals surface area contributed by atoms with E-state index < -0.39 is 53.2 Å². The summed E-state index contributed by atoms with van der Waals surface area (Å²) in [6, 6.07) is -0.473. The van der Waals surface area contributed by atoms with E-state index in [-0.39, 0.29) is 60.3 Å². The first-order valence-corrected chi connectivity index (χ1v) is 18.8. The van der Waals surface area contributed by atoms with Gasteiger partial charge in [-0.25, -0.2) is 0 Å². The Labute approximate surface area is 287 Å². The van der Waals surface area contributed by atoms with Crippen molar-refractivity contribution in [1.82, 2.24) is 0 Å². The fourth-order valence-electron chi connectivity index (χ4n) is 9.55. The van der Waals surface area contributed by atoms with Crippen LogP contribution in [0.3, 0.4) is 0 Å². The fourth-order valence-corrected chi connectivity index (χ4v) is 9.55. The van der Waals surface area contributed by atoms with Gasteiger partial charge < -0.3 is 39.6 Å². The van der Waals surface area contributed by atoms with Gasteiger partial charge in [0.1, 0.15) is 5.78 Å². The molecule has 2 spiro atoms. The first-order valence-electron chi connectivity index (χ1n) is 18.8. The summed E-state index contributed by atoms with van der Waals surface area (Å²) in [7, 11) is 0. The third-order valence-electron chi connectivity index (χ3n) is 12.7. The van der Waals surface area contributed by atoms with Gasteiger partial charge in [0.05, 0.1) is 54.7 Å². The molecule has 0 amide bonds. The Morgan fingerprint density at radius 1 is 0.979 bits per heavy atom. The largest absolute Gasteiger partial charge is 0.481 e. The third-order valence-corrected chi connectivity index (χ3v) is 12.7. The Morgan fingerprint density at radius 3 is 2.38 bits per heavy atom. The van der Waals surface area contributed by atoms with Crippen LogP contribution in [0.4, 0.5) is 0 Å². The number of ketones is 1. The molecule has 0 aromatic rings. The van der Waals surface area contributed by atoms with Crippen LogP contribution in [-0.4, -0.2) is 81.8 Å². The summed E-state index contributed by atoms with van der Waals surface area (Å²) in [5.41, 5.74) is 6.21. The zero-order valence-electron chi connectivity index (χ0n) is 30.6. The zero-order valence-corrected chi connectivity index (χ0v) is 30.6. The molecule has 48 heavy (non-hydrogen) atoms. The summed E-state index contributed by atoms with van der Waals surface area (Å²) in [5.74, 6) is -4.35. The van der Waals surface area contributed by atoms with Crippen molar-refractivity contribution >= 4 is 11.8 Å². The molecule has 5 rings (SSSR count). The highest BCUT2D eigenvalue weighted by atomic mass is 16.8. The molecule has 5 heterocycles. The Morgan fingerprint density at radius 2 is 1.71 bits per heavy atom. The van der Waals surface area contributed by atoms with Crippen molar-refractivity contribution in [2.75, 3.05) is 0 Å². The maximum Gasteiger partial charge on any atom is 0.305 e. The monoisotopic (exact) mass is 677 g/mol. The molecule has 16 atom stereocenters. The van der Waals surface area contributed by atoms with Gasteiger partial charge in [0, 0.05) is 30.1 Å². The van der Waals surface area contributed by atoms with Crippen LogP contribution < -0.4 is 5.73 Å². The maximum atomic E-state index is 14.3. The van der Waals surface area contributed by atoms with Crippen LogP contribution in [0.25, 0.3) is 0 Å². The van der Waals surface area contributed by atoms with Crippen molar-refractivity contribution in [3.05, 3.63) is 12.2 Å². The highest BCUT2D eigenvalue weighted by Crippen LogP contribution is 2.53. The van der Waals surface area contributed by atoms with Crippen molar-refractivity contribution in [1.29, 1.82) is 0 Å². The van der Waals surface area contributed by atoms with E-state index in [9.17, 15) is 19.8 Å². The van der Waals surface area contributed by atoms with E-state index in [0.29, 0.717) is 19.3 Å². The van der Waals surface area contributed by atoms with Gasteiger partial charge in [-0.2, -0.15) is 0 Å². The molecule has 274 valence electrons. The van der Waals surface area contributed by atoms with Crippen LogP contribution in [0, 0.1) is 35.5 Å². The molecule has 0 radical (unpaired) electrons. The lowest BCUT2D eigenvalue weighted by Crippen LogP contribution is -2.64. The highest BCUT2D eigenvalue weighted by Gasteiger charge is 2.62. The average Bonchev–Trinajstić information content (AvgIpc) is 3.39. The number of aliphatic hydroxyl groups excluding tert-OH is 1. The number of rotatable bonds is 10. The van der Waals surface area contributed by atoms with E-state index in [1.165, 1.54) is 0 Å². The molecule has 0 saturated carbocycles. The van der Waals surface area contributed by atoms with E-state index in [1.807, 2.05) is 26.0 Å². The van der Waals surface area contributed by atoms with Gasteiger partial charge in [-0.15, -0.1) is 0 Å². The number of hydrogen-bond donors (Lipinski definition) is 3. The smallest absolute Gasteiger partial charge is 0.305 e. The van der Waals surface area contributed by atoms with Crippen molar-refractivity contribution in [2.24, 2.45) is 41.2 Å².